The summed E-state index contributed by atoms with van der Waals surface area (Å²) in [6, 6.07) is 13.0. The van der Waals surface area contributed by atoms with E-state index in [2.05, 4.69) is 13.2 Å². The number of hydrogen-bond acceptors (Lipinski definition) is 4. The highest BCUT2D eigenvalue weighted by molar-refractivity contribution is 5.74. The number of allylic oxidation sites excluding steroid dienone is 4. The van der Waals surface area contributed by atoms with Crippen LogP contribution in [0.3, 0.4) is 0 Å². The zero-order valence-corrected chi connectivity index (χ0v) is 16.9. The summed E-state index contributed by atoms with van der Waals surface area (Å²) in [5.74, 6) is 1.33. The number of nitrogens with zero attached hydrogens (tertiary/aromatic N) is 1. The number of likely N-dealkylation sites (N-methyl/N-ethyl adjacent to an activating group) is 1. The second-order valence-corrected chi connectivity index (χ2v) is 6.20. The predicted octanol–water partition coefficient (Wildman–Crippen LogP) is 5.49. The Balaban J connectivity index is 2.18. The fraction of sp³-hybridized carbons (Fsp3) is 0.167. The van der Waals surface area contributed by atoms with Crippen LogP contribution >= 0.6 is 0 Å². The van der Waals surface area contributed by atoms with E-state index in [1.165, 1.54) is 7.11 Å². The van der Waals surface area contributed by atoms with Gasteiger partial charge in [-0.3, -0.25) is 0 Å². The molecule has 2 rings (SSSR count). The molecule has 0 bridgehead atoms. The fourth-order valence-corrected chi connectivity index (χ4v) is 2.77. The lowest BCUT2D eigenvalue weighted by Crippen LogP contribution is -2.14. The Morgan fingerprint density at radius 1 is 1.00 bits per heavy atom. The Kier molecular flexibility index (Phi) is 7.10. The minimum atomic E-state index is 0.109. The Morgan fingerprint density at radius 2 is 1.75 bits per heavy atom. The van der Waals surface area contributed by atoms with E-state index in [1.807, 2.05) is 67.4 Å². The van der Waals surface area contributed by atoms with Gasteiger partial charge in [0.15, 0.2) is 11.5 Å². The molecule has 0 radical (unpaired) electrons. The van der Waals surface area contributed by atoms with Crippen LogP contribution in [0.5, 0.6) is 17.2 Å². The molecule has 0 fully saturated rings. The summed E-state index contributed by atoms with van der Waals surface area (Å²) < 4.78 is 10.5. The van der Waals surface area contributed by atoms with E-state index < -0.39 is 0 Å². The third-order valence-corrected chi connectivity index (χ3v) is 4.46. The number of rotatable bonds is 8. The van der Waals surface area contributed by atoms with Crippen LogP contribution in [-0.2, 0) is 0 Å². The van der Waals surface area contributed by atoms with Crippen molar-refractivity contribution in [2.24, 2.45) is 0 Å². The van der Waals surface area contributed by atoms with Gasteiger partial charge in [0.2, 0.25) is 0 Å². The predicted molar refractivity (Wildman–Crippen MR) is 116 cm³/mol. The highest BCUT2D eigenvalue weighted by Crippen LogP contribution is 2.31. The SMILES string of the molecule is C=C(/C=C\C(=C)N(C)/C(=C\C)c1ccc(O)c(OC)c1)c1cccc(OC)c1. The number of phenols is 1. The molecule has 0 unspecified atom stereocenters. The Labute approximate surface area is 167 Å². The van der Waals surface area contributed by atoms with E-state index in [4.69, 9.17) is 9.47 Å². The minimum absolute atomic E-state index is 0.109. The van der Waals surface area contributed by atoms with Crippen molar-refractivity contribution in [2.75, 3.05) is 21.3 Å². The van der Waals surface area contributed by atoms with E-state index in [0.29, 0.717) is 5.75 Å². The maximum atomic E-state index is 9.82. The summed E-state index contributed by atoms with van der Waals surface area (Å²) in [5, 5.41) is 9.82. The standard InChI is InChI=1S/C24H27NO3/c1-7-22(20-13-14-23(26)24(16-20)28-6)25(4)18(3)12-11-17(2)19-9-8-10-21(15-19)27-5/h7-16,26H,2-3H2,1,4-6H3/b12-11-,22-7-. The lowest BCUT2D eigenvalue weighted by atomic mass is 10.1. The molecule has 2 aromatic rings. The molecule has 0 aliphatic carbocycles. The molecule has 0 aliphatic heterocycles. The third kappa shape index (κ3) is 4.86. The molecule has 0 spiro atoms. The van der Waals surface area contributed by atoms with Crippen molar-refractivity contribution >= 4 is 11.3 Å². The van der Waals surface area contributed by atoms with Gasteiger partial charge in [0, 0.05) is 24.0 Å². The molecule has 0 saturated heterocycles. The first-order valence-corrected chi connectivity index (χ1v) is 8.89. The lowest BCUT2D eigenvalue weighted by Gasteiger charge is -2.24. The van der Waals surface area contributed by atoms with Gasteiger partial charge in [0.1, 0.15) is 5.75 Å². The first kappa shape index (κ1) is 20.9. The molecule has 28 heavy (non-hydrogen) atoms. The van der Waals surface area contributed by atoms with E-state index in [-0.39, 0.29) is 5.75 Å². The molecular formula is C24H27NO3. The van der Waals surface area contributed by atoms with E-state index in [1.54, 1.807) is 19.2 Å². The van der Waals surface area contributed by atoms with Gasteiger partial charge in [-0.15, -0.1) is 0 Å². The van der Waals surface area contributed by atoms with Crippen LogP contribution in [0.25, 0.3) is 11.3 Å². The van der Waals surface area contributed by atoms with Crippen LogP contribution in [0, 0.1) is 0 Å². The van der Waals surface area contributed by atoms with E-state index >= 15 is 0 Å². The summed E-state index contributed by atoms with van der Waals surface area (Å²) in [7, 11) is 5.12. The van der Waals surface area contributed by atoms with Crippen molar-refractivity contribution in [3.8, 4) is 17.2 Å². The summed E-state index contributed by atoms with van der Waals surface area (Å²) in [5.41, 5.74) is 4.51. The van der Waals surface area contributed by atoms with E-state index in [0.717, 1.165) is 33.8 Å². The maximum Gasteiger partial charge on any atom is 0.161 e. The van der Waals surface area contributed by atoms with Gasteiger partial charge < -0.3 is 19.5 Å². The first-order valence-electron chi connectivity index (χ1n) is 8.89. The van der Waals surface area contributed by atoms with Crippen LogP contribution < -0.4 is 9.47 Å². The van der Waals surface area contributed by atoms with Gasteiger partial charge in [-0.05, 0) is 54.5 Å². The average molecular weight is 377 g/mol. The average Bonchev–Trinajstić information content (AvgIpc) is 2.73. The topological polar surface area (TPSA) is 41.9 Å². The summed E-state index contributed by atoms with van der Waals surface area (Å²) in [6.45, 7) is 10.2. The van der Waals surface area contributed by atoms with Crippen LogP contribution in [0.15, 0.2) is 79.5 Å². The maximum absolute atomic E-state index is 9.82. The monoisotopic (exact) mass is 377 g/mol. The number of ether oxygens (including phenoxy) is 2. The second-order valence-electron chi connectivity index (χ2n) is 6.20. The normalized spacial score (nSPS) is 11.4. The Hall–Kier alpha value is -3.40. The lowest BCUT2D eigenvalue weighted by molar-refractivity contribution is 0.373. The van der Waals surface area contributed by atoms with Crippen LogP contribution in [-0.4, -0.2) is 31.3 Å². The third-order valence-electron chi connectivity index (χ3n) is 4.46. The van der Waals surface area contributed by atoms with Crippen molar-refractivity contribution < 1.29 is 14.6 Å². The molecule has 4 nitrogen and oxygen atoms in total. The smallest absolute Gasteiger partial charge is 0.161 e. The molecule has 0 aromatic heterocycles. The van der Waals surface area contributed by atoms with Crippen molar-refractivity contribution in [1.29, 1.82) is 0 Å². The van der Waals surface area contributed by atoms with E-state index in [9.17, 15) is 5.11 Å². The summed E-state index contributed by atoms with van der Waals surface area (Å²) >= 11 is 0. The molecule has 0 heterocycles. The highest BCUT2D eigenvalue weighted by Gasteiger charge is 2.11. The Morgan fingerprint density at radius 3 is 2.39 bits per heavy atom. The van der Waals surface area contributed by atoms with Crippen LogP contribution in [0.1, 0.15) is 18.1 Å². The molecule has 1 N–H and O–H groups in total. The second kappa shape index (κ2) is 9.51. The molecule has 2 aromatic carbocycles. The number of hydrogen-bond donors (Lipinski definition) is 1. The summed E-state index contributed by atoms with van der Waals surface area (Å²) in [4.78, 5) is 1.97. The number of methoxy groups -OCH3 is 2. The molecule has 0 amide bonds. The van der Waals surface area contributed by atoms with Crippen LogP contribution in [0.2, 0.25) is 0 Å². The number of aromatic hydroxyl groups is 1. The zero-order chi connectivity index (χ0) is 20.7. The van der Waals surface area contributed by atoms with Crippen molar-refractivity contribution in [3.63, 3.8) is 0 Å². The van der Waals surface area contributed by atoms with Gasteiger partial charge in [0.05, 0.1) is 14.2 Å². The van der Waals surface area contributed by atoms with Crippen molar-refractivity contribution in [1.82, 2.24) is 4.90 Å². The minimum Gasteiger partial charge on any atom is -0.504 e. The van der Waals surface area contributed by atoms with Gasteiger partial charge >= 0.3 is 0 Å². The first-order chi connectivity index (χ1) is 13.4. The van der Waals surface area contributed by atoms with Crippen LogP contribution in [0.4, 0.5) is 0 Å². The largest absolute Gasteiger partial charge is 0.504 e. The molecule has 0 atom stereocenters. The molecule has 0 saturated carbocycles. The van der Waals surface area contributed by atoms with Gasteiger partial charge in [-0.1, -0.05) is 37.4 Å². The zero-order valence-electron chi connectivity index (χ0n) is 16.9. The number of benzene rings is 2. The Bertz CT molecular complexity index is 925. The molecule has 4 heteroatoms. The molecule has 0 aliphatic rings. The van der Waals surface area contributed by atoms with Crippen molar-refractivity contribution in [3.05, 3.63) is 90.7 Å². The van der Waals surface area contributed by atoms with Gasteiger partial charge in [0.25, 0.3) is 0 Å². The summed E-state index contributed by atoms with van der Waals surface area (Å²) in [6.07, 6.45) is 5.84. The fourth-order valence-electron chi connectivity index (χ4n) is 2.77. The van der Waals surface area contributed by atoms with Gasteiger partial charge in [-0.25, -0.2) is 0 Å². The van der Waals surface area contributed by atoms with Crippen molar-refractivity contribution in [2.45, 2.75) is 6.92 Å². The molecular weight excluding hydrogens is 350 g/mol. The highest BCUT2D eigenvalue weighted by atomic mass is 16.5. The molecule has 146 valence electrons. The quantitative estimate of drug-likeness (QED) is 0.618. The van der Waals surface area contributed by atoms with Gasteiger partial charge in [-0.2, -0.15) is 0 Å². The number of phenolic OH excluding ortho intramolecular Hbond substituents is 1.